The predicted molar refractivity (Wildman–Crippen MR) is 131 cm³/mol. The molecule has 1 aliphatic rings. The lowest BCUT2D eigenvalue weighted by atomic mass is 10.1. The van der Waals surface area contributed by atoms with Gasteiger partial charge in [0.25, 0.3) is 5.91 Å². The summed E-state index contributed by atoms with van der Waals surface area (Å²) in [6.07, 6.45) is 1.81. The Morgan fingerprint density at radius 1 is 0.946 bits per heavy atom. The molecule has 1 aliphatic heterocycles. The molecular weight excluding hydrogens is 480 g/mol. The first-order chi connectivity index (χ1) is 17.8. The van der Waals surface area contributed by atoms with Gasteiger partial charge in [0, 0.05) is 50.6 Å². The zero-order valence-electron chi connectivity index (χ0n) is 19.9. The van der Waals surface area contributed by atoms with Crippen LogP contribution >= 0.6 is 0 Å². The van der Waals surface area contributed by atoms with E-state index >= 15 is 0 Å². The molecule has 3 heterocycles. The Bertz CT molecular complexity index is 1270. The van der Waals surface area contributed by atoms with Gasteiger partial charge in [-0.2, -0.15) is 5.10 Å². The maximum atomic E-state index is 13.3. The normalized spacial score (nSPS) is 14.2. The molecule has 192 valence electrons. The summed E-state index contributed by atoms with van der Waals surface area (Å²) in [6, 6.07) is 13.2. The minimum absolute atomic E-state index is 0.0377. The number of hydrogen-bond donors (Lipinski definition) is 3. The summed E-state index contributed by atoms with van der Waals surface area (Å²) in [4.78, 5) is 56.1. The number of nitrogens with one attached hydrogen (secondary N) is 1. The van der Waals surface area contributed by atoms with Crippen LogP contribution in [-0.2, 0) is 9.59 Å². The molecule has 37 heavy (non-hydrogen) atoms. The Labute approximate surface area is 212 Å². The molecule has 1 aromatic carbocycles. The molecule has 2 aromatic heterocycles. The van der Waals surface area contributed by atoms with Gasteiger partial charge in [0.2, 0.25) is 5.91 Å². The van der Waals surface area contributed by atoms with Gasteiger partial charge in [0.15, 0.2) is 0 Å². The van der Waals surface area contributed by atoms with Gasteiger partial charge >= 0.3 is 12.1 Å². The Balaban J connectivity index is 1.59. The second-order valence-corrected chi connectivity index (χ2v) is 8.47. The Morgan fingerprint density at radius 2 is 1.65 bits per heavy atom. The van der Waals surface area contributed by atoms with E-state index in [1.54, 1.807) is 35.3 Å². The second-order valence-electron chi connectivity index (χ2n) is 8.47. The lowest BCUT2D eigenvalue weighted by molar-refractivity contribution is -0.138. The number of carbonyl (C=O) groups excluding carboxylic acids is 2. The molecule has 0 saturated carbocycles. The van der Waals surface area contributed by atoms with E-state index in [1.807, 2.05) is 30.3 Å². The van der Waals surface area contributed by atoms with Crippen molar-refractivity contribution in [2.75, 3.05) is 26.2 Å². The molecule has 1 saturated heterocycles. The SMILES string of the molecule is O=C(O)CC[C@H](NC(=O)c1cc(-n2cccn2)cc(-c2ccccc2)n1)C(=O)N1CCN(C(=O)O)CC1. The summed E-state index contributed by atoms with van der Waals surface area (Å²) in [5, 5.41) is 25.2. The number of hydrogen-bond acceptors (Lipinski definition) is 6. The Hall–Kier alpha value is -4.74. The van der Waals surface area contributed by atoms with E-state index in [4.69, 9.17) is 5.11 Å². The fourth-order valence-electron chi connectivity index (χ4n) is 4.04. The molecule has 0 bridgehead atoms. The Kier molecular flexibility index (Phi) is 7.77. The third-order valence-corrected chi connectivity index (χ3v) is 5.99. The highest BCUT2D eigenvalue weighted by atomic mass is 16.4. The molecule has 0 aliphatic carbocycles. The molecule has 12 heteroatoms. The van der Waals surface area contributed by atoms with Gasteiger partial charge in [-0.05, 0) is 24.6 Å². The third-order valence-electron chi connectivity index (χ3n) is 5.99. The van der Waals surface area contributed by atoms with E-state index in [1.165, 1.54) is 9.80 Å². The van der Waals surface area contributed by atoms with Crippen LogP contribution in [0.5, 0.6) is 0 Å². The first kappa shape index (κ1) is 25.4. The van der Waals surface area contributed by atoms with Crippen molar-refractivity contribution in [3.05, 3.63) is 66.6 Å². The maximum absolute atomic E-state index is 13.3. The van der Waals surface area contributed by atoms with Gasteiger partial charge in [0.1, 0.15) is 11.7 Å². The zero-order valence-corrected chi connectivity index (χ0v) is 19.9. The average molecular weight is 507 g/mol. The second kappa shape index (κ2) is 11.3. The van der Waals surface area contributed by atoms with Crippen LogP contribution in [-0.4, -0.2) is 90.9 Å². The number of benzene rings is 1. The fraction of sp³-hybridized carbons (Fsp3) is 0.280. The number of aliphatic carboxylic acids is 1. The van der Waals surface area contributed by atoms with E-state index in [2.05, 4.69) is 15.4 Å². The van der Waals surface area contributed by atoms with Crippen LogP contribution < -0.4 is 5.32 Å². The van der Waals surface area contributed by atoms with Gasteiger partial charge in [-0.3, -0.25) is 14.4 Å². The highest BCUT2D eigenvalue weighted by Gasteiger charge is 2.31. The highest BCUT2D eigenvalue weighted by Crippen LogP contribution is 2.21. The Morgan fingerprint density at radius 3 is 2.27 bits per heavy atom. The van der Waals surface area contributed by atoms with Gasteiger partial charge in [-0.15, -0.1) is 0 Å². The summed E-state index contributed by atoms with van der Waals surface area (Å²) in [7, 11) is 0. The van der Waals surface area contributed by atoms with Crippen molar-refractivity contribution in [2.24, 2.45) is 0 Å². The smallest absolute Gasteiger partial charge is 0.407 e. The van der Waals surface area contributed by atoms with Crippen LogP contribution in [0.2, 0.25) is 0 Å². The minimum atomic E-state index is -1.12. The standard InChI is InChI=1S/C25H26N6O6/c32-22(33)8-7-19(24(35)29-11-13-30(14-12-29)25(36)37)28-23(34)21-16-18(31-10-4-9-26-31)15-20(27-21)17-5-2-1-3-6-17/h1-6,9-10,15-16,19H,7-8,11-14H2,(H,28,34)(H,32,33)(H,36,37)/t19-/m0/s1. The van der Waals surface area contributed by atoms with Crippen molar-refractivity contribution < 1.29 is 29.4 Å². The quantitative estimate of drug-likeness (QED) is 0.417. The summed E-state index contributed by atoms with van der Waals surface area (Å²) in [5.74, 6) is -2.21. The number of rotatable bonds is 8. The summed E-state index contributed by atoms with van der Waals surface area (Å²) in [5.41, 5.74) is 1.93. The zero-order chi connectivity index (χ0) is 26.4. The molecule has 12 nitrogen and oxygen atoms in total. The van der Waals surface area contributed by atoms with Crippen molar-refractivity contribution >= 4 is 23.9 Å². The molecule has 1 atom stereocenters. The van der Waals surface area contributed by atoms with Crippen molar-refractivity contribution in [1.29, 1.82) is 0 Å². The van der Waals surface area contributed by atoms with Crippen LogP contribution in [0.15, 0.2) is 60.9 Å². The topological polar surface area (TPSA) is 158 Å². The maximum Gasteiger partial charge on any atom is 0.407 e. The van der Waals surface area contributed by atoms with E-state index in [-0.39, 0.29) is 44.7 Å². The molecular formula is C25H26N6O6. The highest BCUT2D eigenvalue weighted by molar-refractivity contribution is 5.97. The molecule has 1 fully saturated rings. The lowest BCUT2D eigenvalue weighted by Gasteiger charge is -2.35. The number of pyridine rings is 1. The monoisotopic (exact) mass is 506 g/mol. The fourth-order valence-corrected chi connectivity index (χ4v) is 4.04. The lowest BCUT2D eigenvalue weighted by Crippen LogP contribution is -2.55. The van der Waals surface area contributed by atoms with E-state index in [9.17, 15) is 24.3 Å². The van der Waals surface area contributed by atoms with Gasteiger partial charge in [-0.25, -0.2) is 14.5 Å². The molecule has 0 unspecified atom stereocenters. The third kappa shape index (κ3) is 6.28. The number of carboxylic acid groups (broad SMARTS) is 2. The minimum Gasteiger partial charge on any atom is -0.481 e. The summed E-state index contributed by atoms with van der Waals surface area (Å²) < 4.78 is 1.58. The molecule has 3 amide bonds. The van der Waals surface area contributed by atoms with E-state index < -0.39 is 29.9 Å². The van der Waals surface area contributed by atoms with Crippen LogP contribution in [0.1, 0.15) is 23.3 Å². The van der Waals surface area contributed by atoms with Crippen LogP contribution in [0.3, 0.4) is 0 Å². The van der Waals surface area contributed by atoms with E-state index in [0.717, 1.165) is 5.56 Å². The predicted octanol–water partition coefficient (Wildman–Crippen LogP) is 1.72. The van der Waals surface area contributed by atoms with Crippen LogP contribution in [0.4, 0.5) is 4.79 Å². The number of amides is 3. The van der Waals surface area contributed by atoms with Crippen LogP contribution in [0.25, 0.3) is 16.9 Å². The summed E-state index contributed by atoms with van der Waals surface area (Å²) >= 11 is 0. The molecule has 0 radical (unpaired) electrons. The number of aromatic nitrogens is 3. The number of piperazine rings is 1. The van der Waals surface area contributed by atoms with Crippen LogP contribution in [0, 0.1) is 0 Å². The molecule has 3 aromatic rings. The van der Waals surface area contributed by atoms with Crippen molar-refractivity contribution in [2.45, 2.75) is 18.9 Å². The van der Waals surface area contributed by atoms with E-state index in [0.29, 0.717) is 11.4 Å². The van der Waals surface area contributed by atoms with Gasteiger partial charge in [-0.1, -0.05) is 30.3 Å². The van der Waals surface area contributed by atoms with Crippen molar-refractivity contribution in [3.63, 3.8) is 0 Å². The van der Waals surface area contributed by atoms with Crippen molar-refractivity contribution in [3.8, 4) is 16.9 Å². The number of nitrogens with zero attached hydrogens (tertiary/aromatic N) is 5. The summed E-state index contributed by atoms with van der Waals surface area (Å²) in [6.45, 7) is 0.564. The largest absolute Gasteiger partial charge is 0.481 e. The number of carbonyl (C=O) groups is 4. The van der Waals surface area contributed by atoms with Gasteiger partial charge in [0.05, 0.1) is 11.4 Å². The van der Waals surface area contributed by atoms with Gasteiger partial charge < -0.3 is 25.3 Å². The first-order valence-corrected chi connectivity index (χ1v) is 11.7. The number of carboxylic acids is 1. The molecule has 3 N–H and O–H groups in total. The molecule has 4 rings (SSSR count). The van der Waals surface area contributed by atoms with Crippen molar-refractivity contribution in [1.82, 2.24) is 29.9 Å². The first-order valence-electron chi connectivity index (χ1n) is 11.7. The molecule has 0 spiro atoms. The average Bonchev–Trinajstić information content (AvgIpc) is 3.46.